The number of hydrogen-bond donors (Lipinski definition) is 1. The van der Waals surface area contributed by atoms with E-state index < -0.39 is 0 Å². The fourth-order valence-electron chi connectivity index (χ4n) is 4.00. The Hall–Kier alpha value is -0.120. The monoisotopic (exact) mass is 269 g/mol. The molecule has 0 aromatic carbocycles. The molecule has 1 aliphatic carbocycles. The van der Waals surface area contributed by atoms with Crippen molar-refractivity contribution in [1.82, 2.24) is 5.32 Å². The van der Waals surface area contributed by atoms with Crippen LogP contribution in [0.15, 0.2) is 0 Å². The molecule has 0 bridgehead atoms. The zero-order valence-corrected chi connectivity index (χ0v) is 12.7. The van der Waals surface area contributed by atoms with Crippen molar-refractivity contribution < 1.29 is 9.47 Å². The number of methoxy groups -OCH3 is 1. The third-order valence-corrected chi connectivity index (χ3v) is 5.01. The van der Waals surface area contributed by atoms with Crippen LogP contribution in [0.2, 0.25) is 0 Å². The highest BCUT2D eigenvalue weighted by Gasteiger charge is 2.43. The molecule has 19 heavy (non-hydrogen) atoms. The van der Waals surface area contributed by atoms with Gasteiger partial charge in [-0.2, -0.15) is 0 Å². The summed E-state index contributed by atoms with van der Waals surface area (Å²) >= 11 is 0. The second-order valence-electron chi connectivity index (χ2n) is 6.20. The van der Waals surface area contributed by atoms with E-state index in [4.69, 9.17) is 9.47 Å². The van der Waals surface area contributed by atoms with Gasteiger partial charge in [-0.15, -0.1) is 0 Å². The number of hydrogen-bond acceptors (Lipinski definition) is 3. The number of rotatable bonds is 5. The van der Waals surface area contributed by atoms with Gasteiger partial charge in [-0.1, -0.05) is 32.6 Å². The molecule has 0 aromatic rings. The highest BCUT2D eigenvalue weighted by molar-refractivity contribution is 4.98. The third-order valence-electron chi connectivity index (χ3n) is 5.01. The molecule has 2 unspecified atom stereocenters. The van der Waals surface area contributed by atoms with Crippen molar-refractivity contribution in [2.45, 2.75) is 69.9 Å². The Morgan fingerprint density at radius 2 is 1.95 bits per heavy atom. The lowest BCUT2D eigenvalue weighted by Gasteiger charge is -2.44. The Kier molecular flexibility index (Phi) is 6.11. The molecule has 1 saturated heterocycles. The minimum atomic E-state index is 0.0396. The van der Waals surface area contributed by atoms with Gasteiger partial charge in [0.1, 0.15) is 0 Å². The van der Waals surface area contributed by atoms with Gasteiger partial charge in [0.25, 0.3) is 0 Å². The number of likely N-dealkylation sites (N-methyl/N-ethyl adjacent to an activating group) is 1. The van der Waals surface area contributed by atoms with Crippen molar-refractivity contribution in [1.29, 1.82) is 0 Å². The molecule has 1 saturated carbocycles. The zero-order valence-electron chi connectivity index (χ0n) is 12.7. The van der Waals surface area contributed by atoms with Gasteiger partial charge in [0.05, 0.1) is 12.2 Å². The average Bonchev–Trinajstić information content (AvgIpc) is 2.72. The van der Waals surface area contributed by atoms with Gasteiger partial charge in [0.15, 0.2) is 0 Å². The molecular formula is C16H31NO2. The topological polar surface area (TPSA) is 30.5 Å². The van der Waals surface area contributed by atoms with Crippen molar-refractivity contribution in [2.75, 3.05) is 26.9 Å². The summed E-state index contributed by atoms with van der Waals surface area (Å²) in [6.07, 6.45) is 10.2. The predicted molar refractivity (Wildman–Crippen MR) is 78.4 cm³/mol. The second kappa shape index (κ2) is 7.61. The molecule has 2 rings (SSSR count). The molecule has 112 valence electrons. The van der Waals surface area contributed by atoms with Crippen molar-refractivity contribution in [3.05, 3.63) is 0 Å². The molecule has 0 aromatic heterocycles. The van der Waals surface area contributed by atoms with E-state index in [0.717, 1.165) is 19.8 Å². The molecule has 1 N–H and O–H groups in total. The van der Waals surface area contributed by atoms with E-state index in [1.54, 1.807) is 0 Å². The van der Waals surface area contributed by atoms with Gasteiger partial charge < -0.3 is 14.8 Å². The normalized spacial score (nSPS) is 29.7. The first-order valence-corrected chi connectivity index (χ1v) is 8.18. The molecule has 2 aliphatic rings. The van der Waals surface area contributed by atoms with Crippen LogP contribution in [0.25, 0.3) is 0 Å². The van der Waals surface area contributed by atoms with Crippen molar-refractivity contribution in [3.8, 4) is 0 Å². The lowest BCUT2D eigenvalue weighted by molar-refractivity contribution is -0.0869. The summed E-state index contributed by atoms with van der Waals surface area (Å²) in [7, 11) is 1.92. The van der Waals surface area contributed by atoms with Crippen LogP contribution < -0.4 is 5.32 Å². The Balaban J connectivity index is 2.12. The van der Waals surface area contributed by atoms with Crippen LogP contribution in [0.3, 0.4) is 0 Å². The van der Waals surface area contributed by atoms with Gasteiger partial charge in [-0.25, -0.2) is 0 Å². The molecule has 1 heterocycles. The predicted octanol–water partition coefficient (Wildman–Crippen LogP) is 3.13. The first-order valence-electron chi connectivity index (χ1n) is 8.18. The standard InChI is InChI=1S/C16H31NO2/c1-3-17-15(14-9-8-12-19-13-14)16(18-2)10-6-4-5-7-11-16/h14-15,17H,3-13H2,1-2H3. The van der Waals surface area contributed by atoms with Crippen LogP contribution in [0, 0.1) is 5.92 Å². The van der Waals surface area contributed by atoms with Gasteiger partial charge in [-0.3, -0.25) is 0 Å². The van der Waals surface area contributed by atoms with Crippen LogP contribution in [0.4, 0.5) is 0 Å². The molecule has 3 nitrogen and oxygen atoms in total. The number of nitrogens with one attached hydrogen (secondary N) is 1. The smallest absolute Gasteiger partial charge is 0.0834 e. The molecule has 2 atom stereocenters. The highest BCUT2D eigenvalue weighted by atomic mass is 16.5. The summed E-state index contributed by atoms with van der Waals surface area (Å²) in [6.45, 7) is 5.07. The van der Waals surface area contributed by atoms with E-state index >= 15 is 0 Å². The first-order chi connectivity index (χ1) is 9.32. The SMILES string of the molecule is CCNC(C1CCCOC1)C1(OC)CCCCCC1. The summed E-state index contributed by atoms with van der Waals surface area (Å²) < 4.78 is 11.8. The Morgan fingerprint density at radius 1 is 1.21 bits per heavy atom. The van der Waals surface area contributed by atoms with Gasteiger partial charge in [0.2, 0.25) is 0 Å². The molecule has 1 aliphatic heterocycles. The minimum absolute atomic E-state index is 0.0396. The zero-order chi connectivity index (χ0) is 13.6. The summed E-state index contributed by atoms with van der Waals surface area (Å²) in [6, 6.07) is 0.459. The Labute approximate surface area is 118 Å². The lowest BCUT2D eigenvalue weighted by atomic mass is 9.77. The van der Waals surface area contributed by atoms with E-state index in [0.29, 0.717) is 12.0 Å². The Bertz CT molecular complexity index is 243. The first kappa shape index (κ1) is 15.3. The summed E-state index contributed by atoms with van der Waals surface area (Å²) in [5.41, 5.74) is 0.0396. The fraction of sp³-hybridized carbons (Fsp3) is 1.00. The highest BCUT2D eigenvalue weighted by Crippen LogP contribution is 2.37. The third kappa shape index (κ3) is 3.71. The van der Waals surface area contributed by atoms with E-state index in [1.807, 2.05) is 7.11 Å². The lowest BCUT2D eigenvalue weighted by Crippen LogP contribution is -2.57. The molecular weight excluding hydrogens is 238 g/mol. The summed E-state index contributed by atoms with van der Waals surface area (Å²) in [5, 5.41) is 3.74. The van der Waals surface area contributed by atoms with Crippen LogP contribution in [0.5, 0.6) is 0 Å². The Morgan fingerprint density at radius 3 is 2.47 bits per heavy atom. The van der Waals surface area contributed by atoms with E-state index in [9.17, 15) is 0 Å². The van der Waals surface area contributed by atoms with Crippen LogP contribution in [-0.2, 0) is 9.47 Å². The van der Waals surface area contributed by atoms with Crippen molar-refractivity contribution in [3.63, 3.8) is 0 Å². The van der Waals surface area contributed by atoms with Crippen molar-refractivity contribution >= 4 is 0 Å². The quantitative estimate of drug-likeness (QED) is 0.778. The van der Waals surface area contributed by atoms with Crippen LogP contribution in [0.1, 0.15) is 58.3 Å². The van der Waals surface area contributed by atoms with E-state index in [2.05, 4.69) is 12.2 Å². The average molecular weight is 269 g/mol. The summed E-state index contributed by atoms with van der Waals surface area (Å²) in [4.78, 5) is 0. The maximum Gasteiger partial charge on any atom is 0.0834 e. The second-order valence-corrected chi connectivity index (χ2v) is 6.20. The van der Waals surface area contributed by atoms with Crippen molar-refractivity contribution in [2.24, 2.45) is 5.92 Å². The molecule has 0 spiro atoms. The van der Waals surface area contributed by atoms with Gasteiger partial charge >= 0.3 is 0 Å². The maximum absolute atomic E-state index is 6.11. The maximum atomic E-state index is 6.11. The van der Waals surface area contributed by atoms with E-state index in [1.165, 1.54) is 51.4 Å². The van der Waals surface area contributed by atoms with Gasteiger partial charge in [0, 0.05) is 25.7 Å². The molecule has 0 radical (unpaired) electrons. The number of ether oxygens (including phenoxy) is 2. The molecule has 2 fully saturated rings. The van der Waals surface area contributed by atoms with Crippen LogP contribution >= 0.6 is 0 Å². The fourth-order valence-corrected chi connectivity index (χ4v) is 4.00. The summed E-state index contributed by atoms with van der Waals surface area (Å²) in [5.74, 6) is 0.617. The largest absolute Gasteiger partial charge is 0.381 e. The minimum Gasteiger partial charge on any atom is -0.381 e. The van der Waals surface area contributed by atoms with Gasteiger partial charge in [-0.05, 0) is 32.2 Å². The van der Waals surface area contributed by atoms with E-state index in [-0.39, 0.29) is 5.60 Å². The molecule has 0 amide bonds. The molecule has 3 heteroatoms. The van der Waals surface area contributed by atoms with Crippen LogP contribution in [-0.4, -0.2) is 38.5 Å².